The molecule has 2 atom stereocenters. The zero-order chi connectivity index (χ0) is 17.6. The summed E-state index contributed by atoms with van der Waals surface area (Å²) in [5.41, 5.74) is -0.816. The van der Waals surface area contributed by atoms with Crippen molar-refractivity contribution in [2.24, 2.45) is 5.92 Å². The molecular formula is C17H25NO4S. The predicted molar refractivity (Wildman–Crippen MR) is 92.0 cm³/mol. The summed E-state index contributed by atoms with van der Waals surface area (Å²) in [6.45, 7) is 7.16. The van der Waals surface area contributed by atoms with E-state index in [1.807, 2.05) is 44.4 Å². The minimum absolute atomic E-state index is 0.0180. The Kier molecular flexibility index (Phi) is 6.94. The van der Waals surface area contributed by atoms with Crippen LogP contribution in [0.3, 0.4) is 0 Å². The lowest BCUT2D eigenvalue weighted by atomic mass is 9.85. The van der Waals surface area contributed by atoms with Gasteiger partial charge in [0.15, 0.2) is 6.10 Å². The molecule has 0 aliphatic carbocycles. The molecule has 1 amide bonds. The van der Waals surface area contributed by atoms with E-state index in [-0.39, 0.29) is 18.2 Å². The van der Waals surface area contributed by atoms with Crippen molar-refractivity contribution in [3.05, 3.63) is 24.3 Å². The van der Waals surface area contributed by atoms with Gasteiger partial charge in [0.05, 0.1) is 12.0 Å². The molecule has 0 bridgehead atoms. The van der Waals surface area contributed by atoms with Gasteiger partial charge in [-0.1, -0.05) is 13.8 Å². The molecule has 1 aromatic rings. The largest absolute Gasteiger partial charge is 0.481 e. The number of hydrogen-bond donors (Lipinski definition) is 2. The van der Waals surface area contributed by atoms with Gasteiger partial charge in [0.2, 0.25) is 0 Å². The molecule has 0 heterocycles. The molecule has 23 heavy (non-hydrogen) atoms. The highest BCUT2D eigenvalue weighted by molar-refractivity contribution is 7.98. The van der Waals surface area contributed by atoms with Crippen molar-refractivity contribution >= 4 is 23.6 Å². The minimum atomic E-state index is -0.942. The maximum absolute atomic E-state index is 12.3. The Morgan fingerprint density at radius 3 is 2.26 bits per heavy atom. The van der Waals surface area contributed by atoms with Crippen LogP contribution in [0, 0.1) is 5.92 Å². The minimum Gasteiger partial charge on any atom is -0.481 e. The molecule has 0 radical (unpaired) electrons. The molecule has 2 unspecified atom stereocenters. The Morgan fingerprint density at radius 2 is 1.83 bits per heavy atom. The number of benzene rings is 1. The van der Waals surface area contributed by atoms with Crippen LogP contribution in [0.25, 0.3) is 0 Å². The van der Waals surface area contributed by atoms with Gasteiger partial charge in [-0.2, -0.15) is 0 Å². The maximum atomic E-state index is 12.3. The molecule has 1 aromatic carbocycles. The molecule has 5 nitrogen and oxygen atoms in total. The average Bonchev–Trinajstić information content (AvgIpc) is 2.46. The number of rotatable bonds is 8. The molecule has 2 N–H and O–H groups in total. The number of ether oxygens (including phenoxy) is 1. The van der Waals surface area contributed by atoms with E-state index in [0.717, 1.165) is 4.90 Å². The monoisotopic (exact) mass is 339 g/mol. The van der Waals surface area contributed by atoms with E-state index in [2.05, 4.69) is 5.32 Å². The number of nitrogens with one attached hydrogen (secondary N) is 1. The summed E-state index contributed by atoms with van der Waals surface area (Å²) >= 11 is 1.63. The quantitative estimate of drug-likeness (QED) is 0.712. The van der Waals surface area contributed by atoms with Gasteiger partial charge in [0, 0.05) is 4.90 Å². The van der Waals surface area contributed by atoms with Crippen LogP contribution >= 0.6 is 11.8 Å². The first-order valence-electron chi connectivity index (χ1n) is 7.52. The van der Waals surface area contributed by atoms with Gasteiger partial charge in [-0.25, -0.2) is 0 Å². The van der Waals surface area contributed by atoms with Gasteiger partial charge in [-0.3, -0.25) is 9.59 Å². The third-order valence-electron chi connectivity index (χ3n) is 3.94. The topological polar surface area (TPSA) is 75.6 Å². The molecule has 128 valence electrons. The van der Waals surface area contributed by atoms with Gasteiger partial charge >= 0.3 is 5.97 Å². The second kappa shape index (κ2) is 8.24. The van der Waals surface area contributed by atoms with Gasteiger partial charge < -0.3 is 15.2 Å². The van der Waals surface area contributed by atoms with Crippen LogP contribution in [0.5, 0.6) is 5.75 Å². The number of hydrogen-bond acceptors (Lipinski definition) is 4. The van der Waals surface area contributed by atoms with Crippen LogP contribution in [-0.4, -0.2) is 34.9 Å². The van der Waals surface area contributed by atoms with Crippen molar-refractivity contribution in [2.75, 3.05) is 6.26 Å². The highest BCUT2D eigenvalue weighted by Gasteiger charge is 2.34. The second-order valence-corrected chi connectivity index (χ2v) is 6.95. The van der Waals surface area contributed by atoms with E-state index in [1.54, 1.807) is 25.6 Å². The number of carbonyl (C=O) groups excluding carboxylic acids is 1. The van der Waals surface area contributed by atoms with E-state index in [4.69, 9.17) is 9.84 Å². The fourth-order valence-corrected chi connectivity index (χ4v) is 2.41. The van der Waals surface area contributed by atoms with Crippen LogP contribution in [0.1, 0.15) is 34.1 Å². The summed E-state index contributed by atoms with van der Waals surface area (Å²) in [5, 5.41) is 11.9. The lowest BCUT2D eigenvalue weighted by Gasteiger charge is -2.34. The summed E-state index contributed by atoms with van der Waals surface area (Å²) in [6.07, 6.45) is 1.15. The molecule has 6 heteroatoms. The summed E-state index contributed by atoms with van der Waals surface area (Å²) in [6, 6.07) is 7.48. The molecular weight excluding hydrogens is 314 g/mol. The number of amides is 1. The normalized spacial score (nSPS) is 14.9. The molecule has 1 rings (SSSR count). The molecule has 0 saturated carbocycles. The fraction of sp³-hybridized carbons (Fsp3) is 0.529. The summed E-state index contributed by atoms with van der Waals surface area (Å²) in [5.74, 6) is -0.676. The van der Waals surface area contributed by atoms with Crippen molar-refractivity contribution < 1.29 is 19.4 Å². The molecule has 0 aliphatic rings. The fourth-order valence-electron chi connectivity index (χ4n) is 2.00. The number of carboxylic acid groups (broad SMARTS) is 1. The Morgan fingerprint density at radius 1 is 1.26 bits per heavy atom. The standard InChI is InChI=1S/C17H25NO4S/c1-11(2)17(4,10-15(19)20)18-16(21)12(3)22-13-6-8-14(23-5)9-7-13/h6-9,11-12H,10H2,1-5H3,(H,18,21)(H,19,20). The van der Waals surface area contributed by atoms with E-state index < -0.39 is 17.6 Å². The Hall–Kier alpha value is -1.69. The lowest BCUT2D eigenvalue weighted by Crippen LogP contribution is -2.54. The van der Waals surface area contributed by atoms with Gasteiger partial charge in [-0.05, 0) is 50.3 Å². The molecule has 0 saturated heterocycles. The Labute approximate surface area is 141 Å². The lowest BCUT2D eigenvalue weighted by molar-refractivity contribution is -0.140. The zero-order valence-corrected chi connectivity index (χ0v) is 15.1. The van der Waals surface area contributed by atoms with E-state index in [0.29, 0.717) is 5.75 Å². The highest BCUT2D eigenvalue weighted by atomic mass is 32.2. The van der Waals surface area contributed by atoms with E-state index in [9.17, 15) is 9.59 Å². The molecule has 0 spiro atoms. The Bertz CT molecular complexity index is 544. The first kappa shape index (κ1) is 19.4. The smallest absolute Gasteiger partial charge is 0.305 e. The van der Waals surface area contributed by atoms with Crippen molar-refractivity contribution in [2.45, 2.75) is 50.7 Å². The first-order chi connectivity index (χ1) is 10.7. The summed E-state index contributed by atoms with van der Waals surface area (Å²) in [7, 11) is 0. The predicted octanol–water partition coefficient (Wildman–Crippen LogP) is 3.18. The van der Waals surface area contributed by atoms with Gasteiger partial charge in [-0.15, -0.1) is 11.8 Å². The summed E-state index contributed by atoms with van der Waals surface area (Å²) < 4.78 is 5.64. The Balaban J connectivity index is 2.72. The highest BCUT2D eigenvalue weighted by Crippen LogP contribution is 2.22. The van der Waals surface area contributed by atoms with Crippen LogP contribution in [0.15, 0.2) is 29.2 Å². The van der Waals surface area contributed by atoms with Crippen molar-refractivity contribution in [1.29, 1.82) is 0 Å². The third kappa shape index (κ3) is 5.78. The number of carbonyl (C=O) groups is 2. The van der Waals surface area contributed by atoms with Crippen molar-refractivity contribution in [3.63, 3.8) is 0 Å². The molecule has 0 aliphatic heterocycles. The van der Waals surface area contributed by atoms with E-state index in [1.165, 1.54) is 0 Å². The molecule has 0 fully saturated rings. The van der Waals surface area contributed by atoms with Crippen LogP contribution in [0.4, 0.5) is 0 Å². The third-order valence-corrected chi connectivity index (χ3v) is 4.69. The van der Waals surface area contributed by atoms with Gasteiger partial charge in [0.1, 0.15) is 5.75 Å². The maximum Gasteiger partial charge on any atom is 0.305 e. The number of aliphatic carboxylic acids is 1. The summed E-state index contributed by atoms with van der Waals surface area (Å²) in [4.78, 5) is 24.5. The zero-order valence-electron chi connectivity index (χ0n) is 14.3. The number of carboxylic acids is 1. The average molecular weight is 339 g/mol. The molecule has 0 aromatic heterocycles. The van der Waals surface area contributed by atoms with Crippen molar-refractivity contribution in [1.82, 2.24) is 5.32 Å². The SMILES string of the molecule is CSc1ccc(OC(C)C(=O)NC(C)(CC(=O)O)C(C)C)cc1. The van der Waals surface area contributed by atoms with Crippen LogP contribution in [-0.2, 0) is 9.59 Å². The van der Waals surface area contributed by atoms with E-state index >= 15 is 0 Å². The van der Waals surface area contributed by atoms with Crippen LogP contribution in [0.2, 0.25) is 0 Å². The van der Waals surface area contributed by atoms with Gasteiger partial charge in [0.25, 0.3) is 5.91 Å². The first-order valence-corrected chi connectivity index (χ1v) is 8.75. The van der Waals surface area contributed by atoms with Crippen LogP contribution < -0.4 is 10.1 Å². The second-order valence-electron chi connectivity index (χ2n) is 6.07. The van der Waals surface area contributed by atoms with Crippen molar-refractivity contribution in [3.8, 4) is 5.75 Å². The number of thioether (sulfide) groups is 1.